The van der Waals surface area contributed by atoms with Crippen molar-refractivity contribution in [2.24, 2.45) is 0 Å². The summed E-state index contributed by atoms with van der Waals surface area (Å²) >= 11 is 5.98. The standard InChI is InChI=1S/C19H20ClFN2O2.ClH/c1-11-9-14(4-5-16(11)20)25-12(2)19(24)23-17-6-3-13-10-22-8-7-15(13)18(17)21;/h3-6,9,12,22H,7-8,10H2,1-2H3,(H,23,24);1H. The van der Waals surface area contributed by atoms with Gasteiger partial charge in [0.2, 0.25) is 0 Å². The Morgan fingerprint density at radius 3 is 2.85 bits per heavy atom. The summed E-state index contributed by atoms with van der Waals surface area (Å²) in [5.41, 5.74) is 2.65. The van der Waals surface area contributed by atoms with Gasteiger partial charge >= 0.3 is 0 Å². The first-order chi connectivity index (χ1) is 12.0. The van der Waals surface area contributed by atoms with E-state index in [0.29, 0.717) is 29.3 Å². The van der Waals surface area contributed by atoms with Gasteiger partial charge in [-0.25, -0.2) is 4.39 Å². The lowest BCUT2D eigenvalue weighted by Crippen LogP contribution is -2.31. The van der Waals surface area contributed by atoms with Crippen LogP contribution in [0.3, 0.4) is 0 Å². The normalized spacial score (nSPS) is 14.0. The number of carbonyl (C=O) groups is 1. The van der Waals surface area contributed by atoms with Crippen LogP contribution >= 0.6 is 24.0 Å². The van der Waals surface area contributed by atoms with Crippen molar-refractivity contribution >= 4 is 35.6 Å². The van der Waals surface area contributed by atoms with Crippen LogP contribution in [-0.2, 0) is 17.8 Å². The van der Waals surface area contributed by atoms with Crippen LogP contribution in [-0.4, -0.2) is 18.6 Å². The van der Waals surface area contributed by atoms with Gasteiger partial charge in [0.05, 0.1) is 5.69 Å². The number of rotatable bonds is 4. The summed E-state index contributed by atoms with van der Waals surface area (Å²) in [6.07, 6.45) is -0.154. The summed E-state index contributed by atoms with van der Waals surface area (Å²) < 4.78 is 20.2. The number of hydrogen-bond acceptors (Lipinski definition) is 3. The topological polar surface area (TPSA) is 50.4 Å². The average molecular weight is 399 g/mol. The first-order valence-electron chi connectivity index (χ1n) is 8.20. The monoisotopic (exact) mass is 398 g/mol. The molecular formula is C19H21Cl2FN2O2. The molecule has 0 fully saturated rings. The van der Waals surface area contributed by atoms with Gasteiger partial charge in [-0.1, -0.05) is 17.7 Å². The van der Waals surface area contributed by atoms with Crippen molar-refractivity contribution < 1.29 is 13.9 Å². The highest BCUT2D eigenvalue weighted by Gasteiger charge is 2.20. The maximum Gasteiger partial charge on any atom is 0.265 e. The van der Waals surface area contributed by atoms with Crippen LogP contribution in [0.25, 0.3) is 0 Å². The zero-order valence-corrected chi connectivity index (χ0v) is 16.1. The molecule has 1 aliphatic rings. The summed E-state index contributed by atoms with van der Waals surface area (Å²) in [7, 11) is 0. The summed E-state index contributed by atoms with van der Waals surface area (Å²) in [5.74, 6) is -0.219. The summed E-state index contributed by atoms with van der Waals surface area (Å²) in [6.45, 7) is 4.86. The van der Waals surface area contributed by atoms with Crippen LogP contribution in [0, 0.1) is 12.7 Å². The number of ether oxygens (including phenoxy) is 1. The van der Waals surface area contributed by atoms with Crippen LogP contribution in [0.15, 0.2) is 30.3 Å². The highest BCUT2D eigenvalue weighted by molar-refractivity contribution is 6.31. The summed E-state index contributed by atoms with van der Waals surface area (Å²) in [4.78, 5) is 12.3. The Hall–Kier alpha value is -1.82. The Kier molecular flexibility index (Phi) is 6.87. The molecule has 2 N–H and O–H groups in total. The molecule has 0 saturated carbocycles. The number of anilines is 1. The minimum Gasteiger partial charge on any atom is -0.481 e. The van der Waals surface area contributed by atoms with Gasteiger partial charge in [0.15, 0.2) is 6.10 Å². The second-order valence-electron chi connectivity index (χ2n) is 6.15. The highest BCUT2D eigenvalue weighted by Crippen LogP contribution is 2.25. The van der Waals surface area contributed by atoms with E-state index in [-0.39, 0.29) is 23.9 Å². The number of carbonyl (C=O) groups excluding carboxylic acids is 1. The van der Waals surface area contributed by atoms with Gasteiger partial charge in [-0.3, -0.25) is 4.79 Å². The number of aryl methyl sites for hydroxylation is 1. The third-order valence-corrected chi connectivity index (χ3v) is 4.70. The smallest absolute Gasteiger partial charge is 0.265 e. The van der Waals surface area contributed by atoms with Crippen molar-refractivity contribution in [3.05, 3.63) is 57.9 Å². The maximum absolute atomic E-state index is 14.6. The van der Waals surface area contributed by atoms with Crippen molar-refractivity contribution in [2.75, 3.05) is 11.9 Å². The zero-order valence-electron chi connectivity index (χ0n) is 14.6. The molecule has 2 aromatic rings. The van der Waals surface area contributed by atoms with Gasteiger partial charge in [-0.05, 0) is 67.8 Å². The fraction of sp³-hybridized carbons (Fsp3) is 0.316. The van der Waals surface area contributed by atoms with Crippen LogP contribution in [0.4, 0.5) is 10.1 Å². The maximum atomic E-state index is 14.6. The molecule has 26 heavy (non-hydrogen) atoms. The first kappa shape index (κ1) is 20.5. The van der Waals surface area contributed by atoms with E-state index < -0.39 is 12.0 Å². The average Bonchev–Trinajstić information content (AvgIpc) is 2.60. The predicted octanol–water partition coefficient (Wildman–Crippen LogP) is 4.26. The molecule has 1 unspecified atom stereocenters. The second-order valence-corrected chi connectivity index (χ2v) is 6.56. The lowest BCUT2D eigenvalue weighted by molar-refractivity contribution is -0.122. The number of benzene rings is 2. The minimum atomic E-state index is -0.766. The Balaban J connectivity index is 0.00000243. The molecule has 1 heterocycles. The SMILES string of the molecule is Cc1cc(OC(C)C(=O)Nc2ccc3c(c2F)CCNC3)ccc1Cl.Cl. The molecule has 0 saturated heterocycles. The van der Waals surface area contributed by atoms with E-state index in [1.807, 2.05) is 13.0 Å². The summed E-state index contributed by atoms with van der Waals surface area (Å²) in [5, 5.41) is 6.45. The van der Waals surface area contributed by atoms with Crippen LogP contribution in [0.2, 0.25) is 5.02 Å². The van der Waals surface area contributed by atoms with Gasteiger partial charge in [0, 0.05) is 11.6 Å². The van der Waals surface area contributed by atoms with E-state index in [2.05, 4.69) is 10.6 Å². The molecule has 0 radical (unpaired) electrons. The molecule has 1 amide bonds. The minimum absolute atomic E-state index is 0. The Morgan fingerprint density at radius 1 is 1.35 bits per heavy atom. The van der Waals surface area contributed by atoms with Crippen LogP contribution in [0.1, 0.15) is 23.6 Å². The van der Waals surface area contributed by atoms with Gasteiger partial charge in [0.25, 0.3) is 5.91 Å². The molecule has 1 atom stereocenters. The molecule has 0 spiro atoms. The van der Waals surface area contributed by atoms with E-state index in [1.165, 1.54) is 0 Å². The predicted molar refractivity (Wildman–Crippen MR) is 104 cm³/mol. The Bertz CT molecular complexity index is 814. The van der Waals surface area contributed by atoms with E-state index in [1.54, 1.807) is 31.2 Å². The fourth-order valence-corrected chi connectivity index (χ4v) is 2.93. The van der Waals surface area contributed by atoms with E-state index in [9.17, 15) is 9.18 Å². The molecule has 1 aliphatic heterocycles. The summed E-state index contributed by atoms with van der Waals surface area (Å²) in [6, 6.07) is 8.62. The van der Waals surface area contributed by atoms with Crippen LogP contribution < -0.4 is 15.4 Å². The van der Waals surface area contributed by atoms with Gasteiger partial charge in [-0.2, -0.15) is 0 Å². The molecule has 7 heteroatoms. The van der Waals surface area contributed by atoms with Crippen molar-refractivity contribution in [1.82, 2.24) is 5.32 Å². The number of fused-ring (bicyclic) bond motifs is 1. The molecule has 0 bridgehead atoms. The van der Waals surface area contributed by atoms with Crippen molar-refractivity contribution in [2.45, 2.75) is 32.9 Å². The quantitative estimate of drug-likeness (QED) is 0.808. The number of hydrogen-bond donors (Lipinski definition) is 2. The van der Waals surface area contributed by atoms with E-state index >= 15 is 0 Å². The third-order valence-electron chi connectivity index (χ3n) is 4.28. The molecular weight excluding hydrogens is 378 g/mol. The van der Waals surface area contributed by atoms with Gasteiger partial charge < -0.3 is 15.4 Å². The first-order valence-corrected chi connectivity index (χ1v) is 8.58. The molecule has 0 aliphatic carbocycles. The molecule has 2 aromatic carbocycles. The third kappa shape index (κ3) is 4.47. The van der Waals surface area contributed by atoms with Crippen molar-refractivity contribution in [3.63, 3.8) is 0 Å². The second kappa shape index (κ2) is 8.71. The fourth-order valence-electron chi connectivity index (χ4n) is 2.81. The van der Waals surface area contributed by atoms with Gasteiger partial charge in [0.1, 0.15) is 11.6 Å². The highest BCUT2D eigenvalue weighted by atomic mass is 35.5. The number of halogens is 3. The Morgan fingerprint density at radius 2 is 2.12 bits per heavy atom. The molecule has 4 nitrogen and oxygen atoms in total. The zero-order chi connectivity index (χ0) is 18.0. The lowest BCUT2D eigenvalue weighted by Gasteiger charge is -2.20. The number of nitrogens with one attached hydrogen (secondary N) is 2. The molecule has 140 valence electrons. The molecule has 0 aromatic heterocycles. The van der Waals surface area contributed by atoms with Crippen LogP contribution in [0.5, 0.6) is 5.75 Å². The van der Waals surface area contributed by atoms with Gasteiger partial charge in [-0.15, -0.1) is 12.4 Å². The Labute approximate surface area is 163 Å². The van der Waals surface area contributed by atoms with E-state index in [0.717, 1.165) is 17.7 Å². The van der Waals surface area contributed by atoms with E-state index in [4.69, 9.17) is 16.3 Å². The lowest BCUT2D eigenvalue weighted by atomic mass is 9.99. The largest absolute Gasteiger partial charge is 0.481 e. The van der Waals surface area contributed by atoms with Crippen molar-refractivity contribution in [1.29, 1.82) is 0 Å². The van der Waals surface area contributed by atoms with Crippen molar-refractivity contribution in [3.8, 4) is 5.75 Å². The molecule has 3 rings (SSSR count). The number of amides is 1.